The SMILES string of the molecule is C=CC(CC(=O)N1CCC(Cc2ccccc2C(=O)O)CC1)c1ccccc1. The molecule has 4 nitrogen and oxygen atoms in total. The predicted molar refractivity (Wildman–Crippen MR) is 110 cm³/mol. The first-order chi connectivity index (χ1) is 13.6. The zero-order valence-corrected chi connectivity index (χ0v) is 16.1. The molecule has 1 amide bonds. The number of amides is 1. The van der Waals surface area contributed by atoms with E-state index in [0.717, 1.165) is 43.5 Å². The first kappa shape index (κ1) is 19.9. The molecule has 0 spiro atoms. The highest BCUT2D eigenvalue weighted by Crippen LogP contribution is 2.26. The molecular weight excluding hydrogens is 350 g/mol. The topological polar surface area (TPSA) is 57.6 Å². The van der Waals surface area contributed by atoms with Crippen LogP contribution in [-0.4, -0.2) is 35.0 Å². The van der Waals surface area contributed by atoms with Crippen molar-refractivity contribution in [1.29, 1.82) is 0 Å². The summed E-state index contributed by atoms with van der Waals surface area (Å²) in [5.41, 5.74) is 2.39. The van der Waals surface area contributed by atoms with Crippen LogP contribution in [0.2, 0.25) is 0 Å². The average molecular weight is 377 g/mol. The molecule has 0 aliphatic carbocycles. The highest BCUT2D eigenvalue weighted by atomic mass is 16.4. The molecule has 1 fully saturated rings. The number of hydrogen-bond donors (Lipinski definition) is 1. The lowest BCUT2D eigenvalue weighted by atomic mass is 9.88. The Kier molecular flexibility index (Phi) is 6.64. The maximum Gasteiger partial charge on any atom is 0.335 e. The quantitative estimate of drug-likeness (QED) is 0.722. The second-order valence-corrected chi connectivity index (χ2v) is 7.45. The highest BCUT2D eigenvalue weighted by Gasteiger charge is 2.25. The lowest BCUT2D eigenvalue weighted by molar-refractivity contribution is -0.132. The van der Waals surface area contributed by atoms with Crippen LogP contribution in [0, 0.1) is 5.92 Å². The van der Waals surface area contributed by atoms with E-state index in [1.54, 1.807) is 12.1 Å². The maximum absolute atomic E-state index is 12.7. The van der Waals surface area contributed by atoms with Crippen molar-refractivity contribution in [1.82, 2.24) is 4.90 Å². The minimum Gasteiger partial charge on any atom is -0.478 e. The van der Waals surface area contributed by atoms with Gasteiger partial charge in [0.2, 0.25) is 5.91 Å². The van der Waals surface area contributed by atoms with Gasteiger partial charge >= 0.3 is 5.97 Å². The number of carbonyl (C=O) groups is 2. The standard InChI is InChI=1S/C24H27NO3/c1-2-19(20-8-4-3-5-9-20)17-23(26)25-14-12-18(13-15-25)16-21-10-6-7-11-22(21)24(27)28/h2-11,18-19H,1,12-17H2,(H,27,28). The number of carboxylic acids is 1. The number of carbonyl (C=O) groups excluding carboxylic acids is 1. The number of allylic oxidation sites excluding steroid dienone is 1. The molecule has 1 saturated heterocycles. The summed E-state index contributed by atoms with van der Waals surface area (Å²) in [5.74, 6) is -0.263. The summed E-state index contributed by atoms with van der Waals surface area (Å²) in [6, 6.07) is 17.2. The van der Waals surface area contributed by atoms with Gasteiger partial charge in [0.1, 0.15) is 0 Å². The molecule has 1 aliphatic heterocycles. The summed E-state index contributed by atoms with van der Waals surface area (Å²) in [5, 5.41) is 9.35. The van der Waals surface area contributed by atoms with E-state index in [1.807, 2.05) is 53.4 Å². The van der Waals surface area contributed by atoms with Crippen molar-refractivity contribution in [2.75, 3.05) is 13.1 Å². The molecule has 146 valence electrons. The Hall–Kier alpha value is -2.88. The van der Waals surface area contributed by atoms with Crippen molar-refractivity contribution in [2.24, 2.45) is 5.92 Å². The Morgan fingerprint density at radius 2 is 1.71 bits per heavy atom. The van der Waals surface area contributed by atoms with Crippen molar-refractivity contribution >= 4 is 11.9 Å². The van der Waals surface area contributed by atoms with Gasteiger partial charge in [-0.05, 0) is 42.4 Å². The van der Waals surface area contributed by atoms with Crippen LogP contribution in [0.25, 0.3) is 0 Å². The summed E-state index contributed by atoms with van der Waals surface area (Å²) in [4.78, 5) is 26.1. The van der Waals surface area contributed by atoms with Crippen LogP contribution >= 0.6 is 0 Å². The van der Waals surface area contributed by atoms with E-state index in [-0.39, 0.29) is 11.8 Å². The van der Waals surface area contributed by atoms with Gasteiger partial charge in [0.25, 0.3) is 0 Å². The number of likely N-dealkylation sites (tertiary alicyclic amines) is 1. The largest absolute Gasteiger partial charge is 0.478 e. The van der Waals surface area contributed by atoms with Crippen LogP contribution in [0.1, 0.15) is 46.7 Å². The summed E-state index contributed by atoms with van der Waals surface area (Å²) in [6.45, 7) is 5.37. The van der Waals surface area contributed by atoms with E-state index in [0.29, 0.717) is 17.9 Å². The van der Waals surface area contributed by atoms with Crippen LogP contribution in [0.4, 0.5) is 0 Å². The maximum atomic E-state index is 12.7. The average Bonchev–Trinajstić information content (AvgIpc) is 2.73. The van der Waals surface area contributed by atoms with Gasteiger partial charge in [0.05, 0.1) is 5.56 Å². The van der Waals surface area contributed by atoms with Crippen LogP contribution in [0.3, 0.4) is 0 Å². The van der Waals surface area contributed by atoms with Crippen molar-refractivity contribution in [3.63, 3.8) is 0 Å². The highest BCUT2D eigenvalue weighted by molar-refractivity contribution is 5.89. The molecule has 0 bridgehead atoms. The molecule has 28 heavy (non-hydrogen) atoms. The Morgan fingerprint density at radius 1 is 1.07 bits per heavy atom. The van der Waals surface area contributed by atoms with Crippen molar-refractivity contribution in [3.05, 3.63) is 83.9 Å². The molecule has 4 heteroatoms. The fraction of sp³-hybridized carbons (Fsp3) is 0.333. The van der Waals surface area contributed by atoms with Crippen LogP contribution < -0.4 is 0 Å². The number of benzene rings is 2. The molecule has 1 N–H and O–H groups in total. The minimum atomic E-state index is -0.875. The molecule has 1 heterocycles. The second-order valence-electron chi connectivity index (χ2n) is 7.45. The number of nitrogens with zero attached hydrogens (tertiary/aromatic N) is 1. The van der Waals surface area contributed by atoms with Gasteiger partial charge < -0.3 is 10.0 Å². The number of rotatable bonds is 7. The van der Waals surface area contributed by atoms with Gasteiger partial charge in [-0.2, -0.15) is 0 Å². The molecule has 3 rings (SSSR count). The van der Waals surface area contributed by atoms with Gasteiger partial charge in [-0.25, -0.2) is 4.79 Å². The van der Waals surface area contributed by atoms with Crippen LogP contribution in [0.5, 0.6) is 0 Å². The molecular formula is C24H27NO3. The van der Waals surface area contributed by atoms with Gasteiger partial charge in [-0.1, -0.05) is 54.6 Å². The number of piperidine rings is 1. The third-order valence-corrected chi connectivity index (χ3v) is 5.63. The first-order valence-corrected chi connectivity index (χ1v) is 9.85. The zero-order chi connectivity index (χ0) is 19.9. The van der Waals surface area contributed by atoms with E-state index in [2.05, 4.69) is 6.58 Å². The molecule has 0 saturated carbocycles. The van der Waals surface area contributed by atoms with Crippen LogP contribution in [0.15, 0.2) is 67.3 Å². The molecule has 0 radical (unpaired) electrons. The molecule has 0 aromatic heterocycles. The van der Waals surface area contributed by atoms with E-state index in [4.69, 9.17) is 0 Å². The van der Waals surface area contributed by atoms with Crippen molar-refractivity contribution < 1.29 is 14.7 Å². The molecule has 2 aromatic carbocycles. The van der Waals surface area contributed by atoms with Gasteiger partial charge in [-0.15, -0.1) is 6.58 Å². The van der Waals surface area contributed by atoms with Gasteiger partial charge in [0.15, 0.2) is 0 Å². The molecule has 2 aromatic rings. The third-order valence-electron chi connectivity index (χ3n) is 5.63. The fourth-order valence-corrected chi connectivity index (χ4v) is 3.96. The summed E-state index contributed by atoms with van der Waals surface area (Å²) in [6.07, 6.45) is 4.86. The summed E-state index contributed by atoms with van der Waals surface area (Å²) < 4.78 is 0. The monoisotopic (exact) mass is 377 g/mol. The summed E-state index contributed by atoms with van der Waals surface area (Å²) >= 11 is 0. The first-order valence-electron chi connectivity index (χ1n) is 9.85. The Morgan fingerprint density at radius 3 is 2.36 bits per heavy atom. The summed E-state index contributed by atoms with van der Waals surface area (Å²) in [7, 11) is 0. The Bertz CT molecular complexity index is 823. The fourth-order valence-electron chi connectivity index (χ4n) is 3.96. The third kappa shape index (κ3) is 4.89. The zero-order valence-electron chi connectivity index (χ0n) is 16.1. The number of aromatic carboxylic acids is 1. The predicted octanol–water partition coefficient (Wildman–Crippen LogP) is 4.53. The Labute approximate surface area is 166 Å². The number of hydrogen-bond acceptors (Lipinski definition) is 2. The Balaban J connectivity index is 1.54. The van der Waals surface area contributed by atoms with Gasteiger partial charge in [-0.3, -0.25) is 4.79 Å². The lowest BCUT2D eigenvalue weighted by Crippen LogP contribution is -2.39. The van der Waals surface area contributed by atoms with Crippen LogP contribution in [-0.2, 0) is 11.2 Å². The number of carboxylic acid groups (broad SMARTS) is 1. The van der Waals surface area contributed by atoms with E-state index in [1.165, 1.54) is 0 Å². The minimum absolute atomic E-state index is 0.0360. The van der Waals surface area contributed by atoms with E-state index in [9.17, 15) is 14.7 Å². The smallest absolute Gasteiger partial charge is 0.335 e. The van der Waals surface area contributed by atoms with E-state index >= 15 is 0 Å². The van der Waals surface area contributed by atoms with Crippen molar-refractivity contribution in [2.45, 2.75) is 31.6 Å². The molecule has 1 atom stereocenters. The second kappa shape index (κ2) is 9.36. The van der Waals surface area contributed by atoms with Crippen molar-refractivity contribution in [3.8, 4) is 0 Å². The molecule has 1 unspecified atom stereocenters. The molecule has 1 aliphatic rings. The normalized spacial score (nSPS) is 15.8. The van der Waals surface area contributed by atoms with E-state index < -0.39 is 5.97 Å². The van der Waals surface area contributed by atoms with Gasteiger partial charge in [0, 0.05) is 25.4 Å². The lowest BCUT2D eigenvalue weighted by Gasteiger charge is -2.33.